The van der Waals surface area contributed by atoms with Crippen LogP contribution in [0.3, 0.4) is 0 Å². The van der Waals surface area contributed by atoms with E-state index >= 15 is 0 Å². The summed E-state index contributed by atoms with van der Waals surface area (Å²) in [7, 11) is 3.20. The lowest BCUT2D eigenvalue weighted by atomic mass is 9.86. The van der Waals surface area contributed by atoms with Crippen LogP contribution in [0.15, 0.2) is 24.3 Å². The number of morpholine rings is 1. The van der Waals surface area contributed by atoms with Crippen LogP contribution in [-0.4, -0.2) is 91.6 Å². The number of carbonyl (C=O) groups is 3. The van der Waals surface area contributed by atoms with Crippen LogP contribution in [0.2, 0.25) is 0 Å². The zero-order valence-corrected chi connectivity index (χ0v) is 16.4. The second-order valence-electron chi connectivity index (χ2n) is 7.65. The summed E-state index contributed by atoms with van der Waals surface area (Å²) in [4.78, 5) is 44.8. The lowest BCUT2D eigenvalue weighted by molar-refractivity contribution is -0.134. The van der Waals surface area contributed by atoms with Gasteiger partial charge in [-0.05, 0) is 25.0 Å². The quantitative estimate of drug-likeness (QED) is 0.710. The predicted molar refractivity (Wildman–Crippen MR) is 103 cm³/mol. The average molecular weight is 386 g/mol. The highest BCUT2D eigenvalue weighted by Crippen LogP contribution is 2.36. The monoisotopic (exact) mass is 386 g/mol. The zero-order valence-electron chi connectivity index (χ0n) is 16.4. The van der Waals surface area contributed by atoms with E-state index in [4.69, 9.17) is 4.74 Å². The molecule has 28 heavy (non-hydrogen) atoms. The molecule has 0 radical (unpaired) electrons. The summed E-state index contributed by atoms with van der Waals surface area (Å²) in [5, 5.41) is 0. The molecule has 4 amide bonds. The van der Waals surface area contributed by atoms with Gasteiger partial charge in [0.2, 0.25) is 0 Å². The van der Waals surface area contributed by atoms with Crippen molar-refractivity contribution in [1.29, 1.82) is 0 Å². The van der Waals surface area contributed by atoms with Crippen LogP contribution in [0, 0.1) is 0 Å². The molecule has 8 nitrogen and oxygen atoms in total. The van der Waals surface area contributed by atoms with Crippen LogP contribution >= 0.6 is 0 Å². The standard InChI is InChI=1S/C20H26N4O4/c1-21-18(26)20(22(2)19(21)27)7-9-24(10-8-20)17(25)15-5-3-4-6-16(15)23-11-13-28-14-12-23/h3-6H,7-14H2,1-2H3. The number of imide groups is 1. The molecule has 0 atom stereocenters. The van der Waals surface area contributed by atoms with E-state index in [9.17, 15) is 14.4 Å². The number of carbonyl (C=O) groups excluding carboxylic acids is 3. The van der Waals surface area contributed by atoms with Crippen LogP contribution in [0.5, 0.6) is 0 Å². The number of hydrogen-bond donors (Lipinski definition) is 0. The van der Waals surface area contributed by atoms with Gasteiger partial charge in [-0.1, -0.05) is 12.1 Å². The lowest BCUT2D eigenvalue weighted by Crippen LogP contribution is -2.56. The maximum atomic E-state index is 13.3. The third-order valence-corrected chi connectivity index (χ3v) is 6.28. The van der Waals surface area contributed by atoms with Gasteiger partial charge in [0.05, 0.1) is 18.8 Å². The lowest BCUT2D eigenvalue weighted by Gasteiger charge is -2.41. The molecule has 3 fully saturated rings. The van der Waals surface area contributed by atoms with Crippen molar-refractivity contribution in [2.45, 2.75) is 18.4 Å². The topological polar surface area (TPSA) is 73.4 Å². The number of piperidine rings is 1. The second kappa shape index (κ2) is 7.09. The molecular formula is C20H26N4O4. The third kappa shape index (κ3) is 2.83. The number of rotatable bonds is 2. The first-order chi connectivity index (χ1) is 13.5. The van der Waals surface area contributed by atoms with Crippen LogP contribution < -0.4 is 4.90 Å². The number of para-hydroxylation sites is 1. The number of hydrogen-bond acceptors (Lipinski definition) is 5. The molecule has 0 bridgehead atoms. The van der Waals surface area contributed by atoms with Crippen molar-refractivity contribution in [3.05, 3.63) is 29.8 Å². The maximum Gasteiger partial charge on any atom is 0.327 e. The van der Waals surface area contributed by atoms with Gasteiger partial charge in [-0.15, -0.1) is 0 Å². The number of likely N-dealkylation sites (N-methyl/N-ethyl adjacent to an activating group) is 2. The Labute approximate surface area is 164 Å². The van der Waals surface area contributed by atoms with E-state index in [1.165, 1.54) is 11.9 Å². The SMILES string of the molecule is CN1C(=O)N(C)C2(CCN(C(=O)c3ccccc3N3CCOCC3)CC2)C1=O. The fourth-order valence-corrected chi connectivity index (χ4v) is 4.48. The van der Waals surface area contributed by atoms with Gasteiger partial charge in [0.1, 0.15) is 5.54 Å². The Morgan fingerprint density at radius 1 is 1.00 bits per heavy atom. The van der Waals surface area contributed by atoms with Gasteiger partial charge in [-0.25, -0.2) is 4.79 Å². The number of ether oxygens (including phenoxy) is 1. The fourth-order valence-electron chi connectivity index (χ4n) is 4.48. The van der Waals surface area contributed by atoms with Gasteiger partial charge >= 0.3 is 6.03 Å². The van der Waals surface area contributed by atoms with Gasteiger partial charge in [0.15, 0.2) is 0 Å². The molecule has 1 spiro atoms. The maximum absolute atomic E-state index is 13.3. The van der Waals surface area contributed by atoms with Crippen molar-refractivity contribution in [2.75, 3.05) is 58.4 Å². The molecule has 8 heteroatoms. The molecule has 3 saturated heterocycles. The molecule has 3 aliphatic heterocycles. The van der Waals surface area contributed by atoms with E-state index in [0.29, 0.717) is 44.7 Å². The second-order valence-corrected chi connectivity index (χ2v) is 7.65. The molecule has 1 aromatic rings. The Hall–Kier alpha value is -2.61. The normalized spacial score (nSPS) is 22.4. The highest BCUT2D eigenvalue weighted by molar-refractivity contribution is 6.07. The average Bonchev–Trinajstić information content (AvgIpc) is 2.90. The van der Waals surface area contributed by atoms with E-state index < -0.39 is 5.54 Å². The van der Waals surface area contributed by atoms with Gasteiger partial charge in [-0.3, -0.25) is 14.5 Å². The van der Waals surface area contributed by atoms with Gasteiger partial charge in [0, 0.05) is 46.0 Å². The fraction of sp³-hybridized carbons (Fsp3) is 0.550. The highest BCUT2D eigenvalue weighted by atomic mass is 16.5. The number of nitrogens with zero attached hydrogens (tertiary/aromatic N) is 4. The van der Waals surface area contributed by atoms with Crippen molar-refractivity contribution < 1.29 is 19.1 Å². The number of amides is 4. The Morgan fingerprint density at radius 2 is 1.64 bits per heavy atom. The summed E-state index contributed by atoms with van der Waals surface area (Å²) in [5.74, 6) is -0.189. The summed E-state index contributed by atoms with van der Waals surface area (Å²) in [6.07, 6.45) is 0.924. The van der Waals surface area contributed by atoms with Crippen molar-refractivity contribution >= 4 is 23.5 Å². The molecule has 150 valence electrons. The minimum atomic E-state index is -0.813. The van der Waals surface area contributed by atoms with Gasteiger partial charge in [0.25, 0.3) is 11.8 Å². The summed E-state index contributed by atoms with van der Waals surface area (Å²) in [6, 6.07) is 7.39. The van der Waals surface area contributed by atoms with Crippen LogP contribution in [-0.2, 0) is 9.53 Å². The van der Waals surface area contributed by atoms with Crippen molar-refractivity contribution in [2.24, 2.45) is 0 Å². The van der Waals surface area contributed by atoms with Crippen molar-refractivity contribution in [3.8, 4) is 0 Å². The van der Waals surface area contributed by atoms with Gasteiger partial charge < -0.3 is 19.4 Å². The minimum absolute atomic E-state index is 0.0234. The molecule has 3 aliphatic rings. The molecule has 0 saturated carbocycles. The number of anilines is 1. The van der Waals surface area contributed by atoms with Crippen molar-refractivity contribution in [1.82, 2.24) is 14.7 Å². The molecule has 1 aromatic carbocycles. The van der Waals surface area contributed by atoms with Crippen LogP contribution in [0.1, 0.15) is 23.2 Å². The van der Waals surface area contributed by atoms with Crippen molar-refractivity contribution in [3.63, 3.8) is 0 Å². The first-order valence-corrected chi connectivity index (χ1v) is 9.73. The largest absolute Gasteiger partial charge is 0.378 e. The summed E-state index contributed by atoms with van der Waals surface area (Å²) >= 11 is 0. The third-order valence-electron chi connectivity index (χ3n) is 6.28. The minimum Gasteiger partial charge on any atom is -0.378 e. The number of benzene rings is 1. The Bertz CT molecular complexity index is 797. The first-order valence-electron chi connectivity index (χ1n) is 9.73. The molecule has 0 aromatic heterocycles. The van der Waals surface area contributed by atoms with Crippen LogP contribution in [0.25, 0.3) is 0 Å². The Kier molecular flexibility index (Phi) is 4.74. The molecular weight excluding hydrogens is 360 g/mol. The molecule has 0 unspecified atom stereocenters. The van der Waals surface area contributed by atoms with E-state index in [0.717, 1.165) is 18.8 Å². The first kappa shape index (κ1) is 18.7. The Balaban J connectivity index is 1.51. The van der Waals surface area contributed by atoms with Gasteiger partial charge in [-0.2, -0.15) is 0 Å². The molecule has 0 N–H and O–H groups in total. The van der Waals surface area contributed by atoms with E-state index in [2.05, 4.69) is 4.90 Å². The van der Waals surface area contributed by atoms with E-state index in [-0.39, 0.29) is 17.8 Å². The summed E-state index contributed by atoms with van der Waals surface area (Å²) in [5.41, 5.74) is 0.798. The number of urea groups is 1. The smallest absolute Gasteiger partial charge is 0.327 e. The molecule has 4 rings (SSSR count). The highest BCUT2D eigenvalue weighted by Gasteiger charge is 2.55. The molecule has 3 heterocycles. The summed E-state index contributed by atoms with van der Waals surface area (Å²) < 4.78 is 5.42. The Morgan fingerprint density at radius 3 is 2.25 bits per heavy atom. The van der Waals surface area contributed by atoms with Crippen LogP contribution in [0.4, 0.5) is 10.5 Å². The zero-order chi connectivity index (χ0) is 19.9. The molecule has 0 aliphatic carbocycles. The van der Waals surface area contributed by atoms with E-state index in [1.54, 1.807) is 16.8 Å². The summed E-state index contributed by atoms with van der Waals surface area (Å²) in [6.45, 7) is 3.75. The van der Waals surface area contributed by atoms with E-state index in [1.807, 2.05) is 24.3 Å². The predicted octanol–water partition coefficient (Wildman–Crippen LogP) is 1.02. The number of likely N-dealkylation sites (tertiary alicyclic amines) is 1.